The van der Waals surface area contributed by atoms with E-state index in [9.17, 15) is 9.59 Å². The molecule has 14 heavy (non-hydrogen) atoms. The summed E-state index contributed by atoms with van der Waals surface area (Å²) in [6, 6.07) is 0. The quantitative estimate of drug-likeness (QED) is 0.551. The summed E-state index contributed by atoms with van der Waals surface area (Å²) in [6.45, 7) is 0.560. The van der Waals surface area contributed by atoms with Crippen LogP contribution in [0.4, 0.5) is 0 Å². The van der Waals surface area contributed by atoms with E-state index in [2.05, 4.69) is 0 Å². The fraction of sp³-hybridized carbons (Fsp3) is 0.800. The Labute approximate surface area is 84.5 Å². The second kappa shape index (κ2) is 8.69. The number of hydrogen-bond acceptors (Lipinski definition) is 3. The van der Waals surface area contributed by atoms with Crippen LogP contribution in [-0.4, -0.2) is 23.4 Å². The maximum Gasteiger partial charge on any atom is 0.303 e. The van der Waals surface area contributed by atoms with E-state index >= 15 is 0 Å². The molecule has 0 fully saturated rings. The van der Waals surface area contributed by atoms with E-state index in [4.69, 9.17) is 10.8 Å². The maximum absolute atomic E-state index is 11.1. The first-order valence-electron chi connectivity index (χ1n) is 5.10. The van der Waals surface area contributed by atoms with E-state index in [1.807, 2.05) is 0 Å². The van der Waals surface area contributed by atoms with Crippen molar-refractivity contribution >= 4 is 11.8 Å². The van der Waals surface area contributed by atoms with Gasteiger partial charge in [0.2, 0.25) is 0 Å². The number of ketones is 1. The zero-order valence-corrected chi connectivity index (χ0v) is 8.50. The van der Waals surface area contributed by atoms with Crippen LogP contribution < -0.4 is 5.73 Å². The minimum absolute atomic E-state index is 0.205. The van der Waals surface area contributed by atoms with Gasteiger partial charge >= 0.3 is 5.97 Å². The van der Waals surface area contributed by atoms with E-state index in [1.165, 1.54) is 0 Å². The lowest BCUT2D eigenvalue weighted by Gasteiger charge is -1.99. The first kappa shape index (κ1) is 13.1. The highest BCUT2D eigenvalue weighted by Gasteiger charge is 2.01. The van der Waals surface area contributed by atoms with Crippen LogP contribution in [0, 0.1) is 0 Å². The highest BCUT2D eigenvalue weighted by molar-refractivity contribution is 5.78. The monoisotopic (exact) mass is 201 g/mol. The number of nitrogens with two attached hydrogens (primary N) is 1. The molecule has 0 amide bonds. The van der Waals surface area contributed by atoms with Gasteiger partial charge in [-0.3, -0.25) is 9.59 Å². The van der Waals surface area contributed by atoms with Crippen LogP contribution in [0.15, 0.2) is 0 Å². The van der Waals surface area contributed by atoms with Crippen molar-refractivity contribution in [3.05, 3.63) is 0 Å². The molecule has 0 saturated carbocycles. The third kappa shape index (κ3) is 9.19. The van der Waals surface area contributed by atoms with Crippen molar-refractivity contribution in [1.29, 1.82) is 0 Å². The minimum atomic E-state index is -0.764. The van der Waals surface area contributed by atoms with Crippen molar-refractivity contribution in [1.82, 2.24) is 0 Å². The molecule has 0 aromatic rings. The molecule has 0 spiro atoms. The first-order chi connectivity index (χ1) is 6.66. The summed E-state index contributed by atoms with van der Waals surface area (Å²) in [5, 5.41) is 8.36. The van der Waals surface area contributed by atoms with E-state index < -0.39 is 5.97 Å². The number of unbranched alkanes of at least 4 members (excludes halogenated alkanes) is 2. The zero-order valence-electron chi connectivity index (χ0n) is 8.50. The van der Waals surface area contributed by atoms with Crippen LogP contribution in [0.2, 0.25) is 0 Å². The number of carboxylic acids is 1. The van der Waals surface area contributed by atoms with Crippen LogP contribution in [0.25, 0.3) is 0 Å². The molecule has 0 aliphatic rings. The summed E-state index contributed by atoms with van der Waals surface area (Å²) in [5.74, 6) is -0.523. The lowest BCUT2D eigenvalue weighted by molar-refractivity contribution is -0.137. The number of carboxylic acid groups (broad SMARTS) is 1. The summed E-state index contributed by atoms with van der Waals surface area (Å²) < 4.78 is 0. The summed E-state index contributed by atoms with van der Waals surface area (Å²) in [7, 11) is 0. The number of aliphatic carboxylic acids is 1. The van der Waals surface area contributed by atoms with Crippen molar-refractivity contribution in [2.45, 2.75) is 44.9 Å². The Kier molecular flexibility index (Phi) is 8.13. The number of hydrogen-bond donors (Lipinski definition) is 2. The molecular weight excluding hydrogens is 182 g/mol. The van der Waals surface area contributed by atoms with Gasteiger partial charge in [-0.25, -0.2) is 0 Å². The predicted octanol–water partition coefficient (Wildman–Crippen LogP) is 1.33. The second-order valence-corrected chi connectivity index (χ2v) is 3.39. The van der Waals surface area contributed by atoms with Crippen molar-refractivity contribution in [2.24, 2.45) is 5.73 Å². The Morgan fingerprint density at radius 3 is 2.07 bits per heavy atom. The summed E-state index contributed by atoms with van der Waals surface area (Å²) in [5.41, 5.74) is 5.27. The van der Waals surface area contributed by atoms with Gasteiger partial charge in [0.15, 0.2) is 0 Å². The molecule has 0 unspecified atom stereocenters. The van der Waals surface area contributed by atoms with Crippen LogP contribution >= 0.6 is 0 Å². The Bertz CT molecular complexity index is 180. The van der Waals surface area contributed by atoms with Crippen molar-refractivity contribution in [3.8, 4) is 0 Å². The summed E-state index contributed by atoms with van der Waals surface area (Å²) in [4.78, 5) is 21.3. The SMILES string of the molecule is NCCCC(=O)CCCCCC(=O)O. The largest absolute Gasteiger partial charge is 0.481 e. The van der Waals surface area contributed by atoms with Gasteiger partial charge in [0, 0.05) is 19.3 Å². The molecule has 0 heterocycles. The Hall–Kier alpha value is -0.900. The van der Waals surface area contributed by atoms with Gasteiger partial charge in [-0.05, 0) is 25.8 Å². The molecule has 0 aliphatic carbocycles. The lowest BCUT2D eigenvalue weighted by atomic mass is 10.1. The molecule has 0 bridgehead atoms. The standard InChI is InChI=1S/C10H19NO3/c11-8-4-6-9(12)5-2-1-3-7-10(13)14/h1-8,11H2,(H,13,14). The molecule has 0 saturated heterocycles. The average molecular weight is 201 g/mol. The normalized spacial score (nSPS) is 10.1. The molecule has 0 atom stereocenters. The van der Waals surface area contributed by atoms with Crippen molar-refractivity contribution in [3.63, 3.8) is 0 Å². The number of carbonyl (C=O) groups is 2. The van der Waals surface area contributed by atoms with E-state index in [-0.39, 0.29) is 12.2 Å². The van der Waals surface area contributed by atoms with Gasteiger partial charge in [-0.15, -0.1) is 0 Å². The second-order valence-electron chi connectivity index (χ2n) is 3.39. The third-order valence-corrected chi connectivity index (χ3v) is 2.01. The number of rotatable bonds is 9. The zero-order chi connectivity index (χ0) is 10.8. The Balaban J connectivity index is 3.19. The molecule has 0 rings (SSSR count). The van der Waals surface area contributed by atoms with Gasteiger partial charge in [0.25, 0.3) is 0 Å². The third-order valence-electron chi connectivity index (χ3n) is 2.01. The first-order valence-corrected chi connectivity index (χ1v) is 5.10. The van der Waals surface area contributed by atoms with Gasteiger partial charge in [0.1, 0.15) is 5.78 Å². The minimum Gasteiger partial charge on any atom is -0.481 e. The smallest absolute Gasteiger partial charge is 0.303 e. The van der Waals surface area contributed by atoms with Gasteiger partial charge in [-0.2, -0.15) is 0 Å². The topological polar surface area (TPSA) is 80.4 Å². The maximum atomic E-state index is 11.1. The highest BCUT2D eigenvalue weighted by Crippen LogP contribution is 2.05. The van der Waals surface area contributed by atoms with Gasteiger partial charge < -0.3 is 10.8 Å². The fourth-order valence-corrected chi connectivity index (χ4v) is 1.20. The van der Waals surface area contributed by atoms with Crippen LogP contribution in [0.5, 0.6) is 0 Å². The van der Waals surface area contributed by atoms with Crippen molar-refractivity contribution in [2.75, 3.05) is 6.54 Å². The van der Waals surface area contributed by atoms with E-state index in [0.717, 1.165) is 19.3 Å². The van der Waals surface area contributed by atoms with E-state index in [0.29, 0.717) is 25.8 Å². The predicted molar refractivity (Wildman–Crippen MR) is 54.0 cm³/mol. The molecule has 0 aliphatic heterocycles. The average Bonchev–Trinajstić information content (AvgIpc) is 2.13. The fourth-order valence-electron chi connectivity index (χ4n) is 1.20. The lowest BCUT2D eigenvalue weighted by Crippen LogP contribution is -2.04. The molecule has 82 valence electrons. The van der Waals surface area contributed by atoms with Crippen LogP contribution in [0.1, 0.15) is 44.9 Å². The molecule has 0 aromatic heterocycles. The van der Waals surface area contributed by atoms with E-state index in [1.54, 1.807) is 0 Å². The van der Waals surface area contributed by atoms with Crippen LogP contribution in [0.3, 0.4) is 0 Å². The van der Waals surface area contributed by atoms with Gasteiger partial charge in [-0.1, -0.05) is 6.42 Å². The molecular formula is C10H19NO3. The molecule has 3 N–H and O–H groups in total. The molecule has 4 nitrogen and oxygen atoms in total. The molecule has 0 aromatic carbocycles. The summed E-state index contributed by atoms with van der Waals surface area (Å²) in [6.07, 6.45) is 4.39. The number of Topliss-reactive ketones (excluding diaryl/α,β-unsaturated/α-hetero) is 1. The summed E-state index contributed by atoms with van der Waals surface area (Å²) >= 11 is 0. The molecule has 4 heteroatoms. The van der Waals surface area contributed by atoms with Crippen molar-refractivity contribution < 1.29 is 14.7 Å². The molecule has 0 radical (unpaired) electrons. The Morgan fingerprint density at radius 2 is 1.50 bits per heavy atom. The Morgan fingerprint density at radius 1 is 0.929 bits per heavy atom. The highest BCUT2D eigenvalue weighted by atomic mass is 16.4. The van der Waals surface area contributed by atoms with Gasteiger partial charge in [0.05, 0.1) is 0 Å². The van der Waals surface area contributed by atoms with Crippen LogP contribution in [-0.2, 0) is 9.59 Å². The number of carbonyl (C=O) groups excluding carboxylic acids is 1.